The summed E-state index contributed by atoms with van der Waals surface area (Å²) >= 11 is 5.80. The van der Waals surface area contributed by atoms with E-state index in [-0.39, 0.29) is 16.6 Å². The zero-order valence-electron chi connectivity index (χ0n) is 16.3. The normalized spacial score (nSPS) is 11.2. The van der Waals surface area contributed by atoms with E-state index in [0.29, 0.717) is 22.7 Å². The molecule has 8 heteroatoms. The van der Waals surface area contributed by atoms with Crippen LogP contribution in [0.4, 0.5) is 11.4 Å². The number of carbonyl (C=O) groups excluding carboxylic acids is 1. The summed E-state index contributed by atoms with van der Waals surface area (Å²) in [7, 11) is 0. The van der Waals surface area contributed by atoms with Gasteiger partial charge in [0, 0.05) is 23.4 Å². The fourth-order valence-corrected chi connectivity index (χ4v) is 3.21. The van der Waals surface area contributed by atoms with E-state index in [1.54, 1.807) is 24.3 Å². The van der Waals surface area contributed by atoms with Crippen LogP contribution in [0.3, 0.4) is 0 Å². The molecule has 0 saturated heterocycles. The number of rotatable bonds is 5. The molecule has 4 aromatic rings. The van der Waals surface area contributed by atoms with Gasteiger partial charge in [0.05, 0.1) is 4.92 Å². The number of halogens is 1. The van der Waals surface area contributed by atoms with Crippen molar-refractivity contribution in [2.24, 2.45) is 0 Å². The van der Waals surface area contributed by atoms with Gasteiger partial charge in [0.2, 0.25) is 11.8 Å². The Kier molecular flexibility index (Phi) is 5.51. The summed E-state index contributed by atoms with van der Waals surface area (Å²) in [6, 6.07) is 17.2. The van der Waals surface area contributed by atoms with Crippen molar-refractivity contribution in [2.45, 2.75) is 6.92 Å². The van der Waals surface area contributed by atoms with Crippen LogP contribution in [0.25, 0.3) is 28.6 Å². The lowest BCUT2D eigenvalue weighted by atomic mass is 10.2. The smallest absolute Gasteiger partial charge is 0.288 e. The largest absolute Gasteiger partial charge is 0.436 e. The Morgan fingerprint density at radius 2 is 2.00 bits per heavy atom. The SMILES string of the molecule is Cc1ccc2oc(-c3cccc(NC(=O)/C=C/c4ccc(Cl)c([N+](=O)[O-])c4)c3)nc2c1. The molecule has 1 heterocycles. The molecular weight excluding hydrogens is 418 g/mol. The Hall–Kier alpha value is -3.97. The number of nitro groups is 1. The maximum absolute atomic E-state index is 12.3. The molecule has 1 N–H and O–H groups in total. The van der Waals surface area contributed by atoms with Gasteiger partial charge in [0.1, 0.15) is 10.5 Å². The lowest BCUT2D eigenvalue weighted by molar-refractivity contribution is -0.384. The first kappa shape index (κ1) is 20.3. The molecule has 1 amide bonds. The van der Waals surface area contributed by atoms with E-state index in [1.165, 1.54) is 24.3 Å². The first-order valence-corrected chi connectivity index (χ1v) is 9.67. The molecule has 1 aromatic heterocycles. The lowest BCUT2D eigenvalue weighted by Gasteiger charge is -2.04. The van der Waals surface area contributed by atoms with E-state index >= 15 is 0 Å². The van der Waals surface area contributed by atoms with Gasteiger partial charge in [-0.3, -0.25) is 14.9 Å². The van der Waals surface area contributed by atoms with Crippen molar-refractivity contribution in [1.82, 2.24) is 4.98 Å². The van der Waals surface area contributed by atoms with Crippen molar-refractivity contribution in [1.29, 1.82) is 0 Å². The maximum atomic E-state index is 12.3. The zero-order chi connectivity index (χ0) is 22.0. The number of nitro benzene ring substituents is 1. The number of fused-ring (bicyclic) bond motifs is 1. The summed E-state index contributed by atoms with van der Waals surface area (Å²) in [4.78, 5) is 27.2. The molecule has 0 bridgehead atoms. The van der Waals surface area contributed by atoms with Gasteiger partial charge >= 0.3 is 0 Å². The third-order valence-electron chi connectivity index (χ3n) is 4.51. The first-order valence-electron chi connectivity index (χ1n) is 9.30. The number of oxazole rings is 1. The molecule has 0 unspecified atom stereocenters. The molecule has 31 heavy (non-hydrogen) atoms. The van der Waals surface area contributed by atoms with Gasteiger partial charge < -0.3 is 9.73 Å². The predicted octanol–water partition coefficient (Wildman–Crippen LogP) is 6.02. The molecule has 0 aliphatic carbocycles. The lowest BCUT2D eigenvalue weighted by Crippen LogP contribution is -2.07. The number of carbonyl (C=O) groups is 1. The molecule has 3 aromatic carbocycles. The maximum Gasteiger partial charge on any atom is 0.288 e. The van der Waals surface area contributed by atoms with Crippen molar-refractivity contribution in [2.75, 3.05) is 5.32 Å². The standard InChI is InChI=1S/C23H16ClN3O4/c1-14-5-9-21-19(11-14)26-23(31-21)16-3-2-4-17(13-16)25-22(28)10-7-15-6-8-18(24)20(12-15)27(29)30/h2-13H,1H3,(H,25,28)/b10-7+. The first-order chi connectivity index (χ1) is 14.9. The van der Waals surface area contributed by atoms with E-state index in [4.69, 9.17) is 16.0 Å². The van der Waals surface area contributed by atoms with Gasteiger partial charge in [-0.05, 0) is 60.5 Å². The van der Waals surface area contributed by atoms with Crippen molar-refractivity contribution in [3.63, 3.8) is 0 Å². The Bertz CT molecular complexity index is 1340. The zero-order valence-corrected chi connectivity index (χ0v) is 17.1. The number of nitrogens with one attached hydrogen (secondary N) is 1. The summed E-state index contributed by atoms with van der Waals surface area (Å²) in [5.74, 6) is 0.0728. The molecule has 0 aliphatic rings. The summed E-state index contributed by atoms with van der Waals surface area (Å²) in [5.41, 5.74) is 4.11. The van der Waals surface area contributed by atoms with E-state index in [2.05, 4.69) is 10.3 Å². The second-order valence-corrected chi connectivity index (χ2v) is 7.27. The molecule has 154 valence electrons. The summed E-state index contributed by atoms with van der Waals surface area (Å²) < 4.78 is 5.81. The van der Waals surface area contributed by atoms with Gasteiger partial charge in [-0.1, -0.05) is 29.8 Å². The van der Waals surface area contributed by atoms with E-state index in [9.17, 15) is 14.9 Å². The van der Waals surface area contributed by atoms with Crippen LogP contribution in [0.2, 0.25) is 5.02 Å². The van der Waals surface area contributed by atoms with Crippen LogP contribution in [0.15, 0.2) is 71.2 Å². The van der Waals surface area contributed by atoms with Crippen molar-refractivity contribution >= 4 is 46.1 Å². The minimum atomic E-state index is -0.571. The van der Waals surface area contributed by atoms with Gasteiger partial charge in [-0.15, -0.1) is 0 Å². The average molecular weight is 434 g/mol. The molecule has 0 saturated carbocycles. The molecule has 0 radical (unpaired) electrons. The fraction of sp³-hybridized carbons (Fsp3) is 0.0435. The number of hydrogen-bond acceptors (Lipinski definition) is 5. The number of aromatic nitrogens is 1. The van der Waals surface area contributed by atoms with E-state index in [1.807, 2.05) is 31.2 Å². The minimum Gasteiger partial charge on any atom is -0.436 e. The average Bonchev–Trinajstić information content (AvgIpc) is 3.16. The van der Waals surface area contributed by atoms with Crippen molar-refractivity contribution < 1.29 is 14.1 Å². The van der Waals surface area contributed by atoms with Crippen molar-refractivity contribution in [3.05, 3.63) is 93.0 Å². The van der Waals surface area contributed by atoms with Crippen molar-refractivity contribution in [3.8, 4) is 11.5 Å². The van der Waals surface area contributed by atoms with Crippen LogP contribution in [-0.4, -0.2) is 15.8 Å². The Balaban J connectivity index is 1.50. The van der Waals surface area contributed by atoms with Gasteiger partial charge in [-0.25, -0.2) is 4.98 Å². The van der Waals surface area contributed by atoms with Crippen LogP contribution in [0, 0.1) is 17.0 Å². The highest BCUT2D eigenvalue weighted by Gasteiger charge is 2.12. The molecule has 0 aliphatic heterocycles. The molecule has 7 nitrogen and oxygen atoms in total. The summed E-state index contributed by atoms with van der Waals surface area (Å²) in [6.45, 7) is 1.99. The quantitative estimate of drug-likeness (QED) is 0.236. The highest BCUT2D eigenvalue weighted by Crippen LogP contribution is 2.27. The number of benzene rings is 3. The monoisotopic (exact) mass is 433 g/mol. The third-order valence-corrected chi connectivity index (χ3v) is 4.83. The second kappa shape index (κ2) is 8.41. The van der Waals surface area contributed by atoms with Gasteiger partial charge in [0.25, 0.3) is 5.69 Å². The summed E-state index contributed by atoms with van der Waals surface area (Å²) in [6.07, 6.45) is 2.77. The number of nitrogens with zero attached hydrogens (tertiary/aromatic N) is 2. The molecular formula is C23H16ClN3O4. The highest BCUT2D eigenvalue weighted by molar-refractivity contribution is 6.32. The number of amides is 1. The Morgan fingerprint density at radius 1 is 1.16 bits per heavy atom. The Labute approximate surface area is 182 Å². The van der Waals surface area contributed by atoms with Crippen LogP contribution >= 0.6 is 11.6 Å². The fourth-order valence-electron chi connectivity index (χ4n) is 3.02. The van der Waals surface area contributed by atoms with Crippen LogP contribution in [-0.2, 0) is 4.79 Å². The van der Waals surface area contributed by atoms with Crippen LogP contribution in [0.1, 0.15) is 11.1 Å². The number of aryl methyl sites for hydroxylation is 1. The predicted molar refractivity (Wildman–Crippen MR) is 120 cm³/mol. The molecule has 0 atom stereocenters. The summed E-state index contributed by atoms with van der Waals surface area (Å²) in [5, 5.41) is 13.8. The minimum absolute atomic E-state index is 0.0396. The molecule has 4 rings (SSSR count). The topological polar surface area (TPSA) is 98.3 Å². The van der Waals surface area contributed by atoms with Crippen LogP contribution < -0.4 is 5.32 Å². The Morgan fingerprint density at radius 3 is 2.81 bits per heavy atom. The number of hydrogen-bond donors (Lipinski definition) is 1. The molecule has 0 fully saturated rings. The van der Waals surface area contributed by atoms with Crippen LogP contribution in [0.5, 0.6) is 0 Å². The third kappa shape index (κ3) is 4.62. The van der Waals surface area contributed by atoms with Gasteiger partial charge in [0.15, 0.2) is 5.58 Å². The highest BCUT2D eigenvalue weighted by atomic mass is 35.5. The second-order valence-electron chi connectivity index (χ2n) is 6.86. The number of anilines is 1. The van der Waals surface area contributed by atoms with Gasteiger partial charge in [-0.2, -0.15) is 0 Å². The van der Waals surface area contributed by atoms with E-state index in [0.717, 1.165) is 16.6 Å². The molecule has 0 spiro atoms. The van der Waals surface area contributed by atoms with E-state index < -0.39 is 4.92 Å².